The molecule has 10 heteroatoms. The van der Waals surface area contributed by atoms with Crippen LogP contribution < -0.4 is 10.6 Å². The van der Waals surface area contributed by atoms with Gasteiger partial charge in [-0.25, -0.2) is 13.4 Å². The molecule has 0 unspecified atom stereocenters. The number of sulfone groups is 1. The first-order valence-electron chi connectivity index (χ1n) is 9.87. The number of nitrogens with one attached hydrogen (secondary N) is 2. The minimum atomic E-state index is -3.58. The smallest absolute Gasteiger partial charge is 0.229 e. The van der Waals surface area contributed by atoms with E-state index in [1.165, 1.54) is 24.4 Å². The summed E-state index contributed by atoms with van der Waals surface area (Å²) >= 11 is 0. The SMILES string of the molecule is [2H]CCC(=O)c1nnc(NC(=O)[C@H]2CC23CC3)cc1Nc1ncccc1S(C)(=O)=O. The lowest BCUT2D eigenvalue weighted by molar-refractivity contribution is -0.117. The summed E-state index contributed by atoms with van der Waals surface area (Å²) in [4.78, 5) is 28.8. The van der Waals surface area contributed by atoms with Crippen LogP contribution in [0.4, 0.5) is 17.3 Å². The van der Waals surface area contributed by atoms with Crippen molar-refractivity contribution in [3.8, 4) is 0 Å². The Balaban J connectivity index is 1.65. The molecule has 2 heterocycles. The summed E-state index contributed by atoms with van der Waals surface area (Å²) in [6, 6.07) is 4.33. The Hall–Kier alpha value is -2.88. The molecule has 1 amide bonds. The zero-order valence-corrected chi connectivity index (χ0v) is 16.6. The standard InChI is InChI=1S/C19H21N5O4S/c1-3-13(25)16-12(21-17-14(29(2,27)28)5-4-8-20-17)9-15(23-24-16)22-18(26)11-10-19(11)6-7-19/h4-5,8-9,11H,3,6-7,10H2,1-2H3,(H2,20,21,22,23,26)/t11-/m1/s1/i1D. The van der Waals surface area contributed by atoms with Crippen LogP contribution in [-0.4, -0.2) is 41.5 Å². The van der Waals surface area contributed by atoms with Gasteiger partial charge >= 0.3 is 0 Å². The quantitative estimate of drug-likeness (QED) is 0.658. The Bertz CT molecular complexity index is 1130. The maximum atomic E-state index is 12.4. The van der Waals surface area contributed by atoms with Crippen LogP contribution in [0.2, 0.25) is 0 Å². The van der Waals surface area contributed by atoms with E-state index in [2.05, 4.69) is 25.8 Å². The van der Waals surface area contributed by atoms with Gasteiger partial charge in [0, 0.05) is 32.2 Å². The molecule has 2 aromatic rings. The molecular weight excluding hydrogens is 394 g/mol. The van der Waals surface area contributed by atoms with Crippen molar-refractivity contribution in [3.05, 3.63) is 30.1 Å². The highest BCUT2D eigenvalue weighted by molar-refractivity contribution is 7.90. The average Bonchev–Trinajstić information content (AvgIpc) is 3.61. The molecule has 1 spiro atoms. The molecule has 2 aromatic heterocycles. The minimum Gasteiger partial charge on any atom is -0.337 e. The van der Waals surface area contributed by atoms with Crippen molar-refractivity contribution in [2.45, 2.75) is 37.5 Å². The van der Waals surface area contributed by atoms with E-state index < -0.39 is 15.6 Å². The van der Waals surface area contributed by atoms with Crippen LogP contribution in [0.3, 0.4) is 0 Å². The Morgan fingerprint density at radius 2 is 2.14 bits per heavy atom. The second-order valence-corrected chi connectivity index (χ2v) is 9.50. The number of amides is 1. The normalized spacial score (nSPS) is 19.3. The van der Waals surface area contributed by atoms with Crippen molar-refractivity contribution < 1.29 is 19.4 Å². The molecule has 4 rings (SSSR count). The predicted molar refractivity (Wildman–Crippen MR) is 106 cm³/mol. The minimum absolute atomic E-state index is 0.0204. The van der Waals surface area contributed by atoms with Crippen molar-refractivity contribution in [1.29, 1.82) is 0 Å². The number of anilines is 3. The van der Waals surface area contributed by atoms with Crippen molar-refractivity contribution >= 4 is 38.9 Å². The Morgan fingerprint density at radius 3 is 2.79 bits per heavy atom. The lowest BCUT2D eigenvalue weighted by atomic mass is 10.2. The molecule has 2 aliphatic rings. The summed E-state index contributed by atoms with van der Waals surface area (Å²) in [5.74, 6) is -0.386. The molecule has 0 saturated heterocycles. The van der Waals surface area contributed by atoms with Gasteiger partial charge in [0.25, 0.3) is 0 Å². The third-order valence-corrected chi connectivity index (χ3v) is 6.49. The molecule has 0 radical (unpaired) electrons. The Kier molecular flexibility index (Phi) is 4.30. The number of pyridine rings is 1. The fourth-order valence-electron chi connectivity index (χ4n) is 3.43. The highest BCUT2D eigenvalue weighted by Crippen LogP contribution is 2.70. The van der Waals surface area contributed by atoms with E-state index in [0.717, 1.165) is 25.5 Å². The molecule has 2 N–H and O–H groups in total. The number of Topliss-reactive ketones (excluding diaryl/α,β-unsaturated/α-hetero) is 1. The van der Waals surface area contributed by atoms with Crippen LogP contribution in [0.5, 0.6) is 0 Å². The molecular formula is C19H21N5O4S. The van der Waals surface area contributed by atoms with Gasteiger partial charge in [-0.2, -0.15) is 0 Å². The van der Waals surface area contributed by atoms with Crippen molar-refractivity contribution in [2.24, 2.45) is 11.3 Å². The second kappa shape index (κ2) is 6.87. The first kappa shape index (κ1) is 18.2. The van der Waals surface area contributed by atoms with Gasteiger partial charge in [0.1, 0.15) is 10.7 Å². The van der Waals surface area contributed by atoms with Crippen molar-refractivity contribution in [2.75, 3.05) is 16.9 Å². The zero-order chi connectivity index (χ0) is 21.5. The Labute approximate surface area is 169 Å². The van der Waals surface area contributed by atoms with Gasteiger partial charge in [-0.3, -0.25) is 9.59 Å². The molecule has 1 atom stereocenters. The number of hydrogen-bond acceptors (Lipinski definition) is 8. The van der Waals surface area contributed by atoms with Gasteiger partial charge in [-0.15, -0.1) is 10.2 Å². The van der Waals surface area contributed by atoms with Crippen LogP contribution in [0.25, 0.3) is 0 Å². The van der Waals surface area contributed by atoms with Crippen molar-refractivity contribution in [3.63, 3.8) is 0 Å². The number of aromatic nitrogens is 3. The molecule has 0 aliphatic heterocycles. The van der Waals surface area contributed by atoms with Gasteiger partial charge in [0.15, 0.2) is 27.1 Å². The maximum Gasteiger partial charge on any atom is 0.229 e. The van der Waals surface area contributed by atoms with E-state index in [-0.39, 0.29) is 58.5 Å². The van der Waals surface area contributed by atoms with Crippen LogP contribution >= 0.6 is 0 Å². The number of nitrogens with zero attached hydrogens (tertiary/aromatic N) is 3. The zero-order valence-electron chi connectivity index (χ0n) is 16.8. The first-order chi connectivity index (χ1) is 14.2. The highest BCUT2D eigenvalue weighted by Gasteiger charge is 2.65. The number of rotatable bonds is 7. The fraction of sp³-hybridized carbons (Fsp3) is 0.421. The van der Waals surface area contributed by atoms with Crippen LogP contribution in [0.15, 0.2) is 29.3 Å². The lowest BCUT2D eigenvalue weighted by Crippen LogP contribution is -2.18. The van der Waals surface area contributed by atoms with E-state index >= 15 is 0 Å². The summed E-state index contributed by atoms with van der Waals surface area (Å²) in [7, 11) is -3.58. The molecule has 29 heavy (non-hydrogen) atoms. The van der Waals surface area contributed by atoms with Crippen LogP contribution in [0, 0.1) is 11.3 Å². The highest BCUT2D eigenvalue weighted by atomic mass is 32.2. The maximum absolute atomic E-state index is 12.4. The van der Waals surface area contributed by atoms with E-state index in [9.17, 15) is 18.0 Å². The van der Waals surface area contributed by atoms with Gasteiger partial charge < -0.3 is 10.6 Å². The molecule has 2 fully saturated rings. The van der Waals surface area contributed by atoms with Crippen LogP contribution in [0.1, 0.15) is 44.4 Å². The number of ketones is 1. The molecule has 9 nitrogen and oxygen atoms in total. The van der Waals surface area contributed by atoms with Gasteiger partial charge in [-0.1, -0.05) is 6.90 Å². The fourth-order valence-corrected chi connectivity index (χ4v) is 4.21. The number of carbonyl (C=O) groups is 2. The Morgan fingerprint density at radius 1 is 1.34 bits per heavy atom. The van der Waals surface area contributed by atoms with Crippen molar-refractivity contribution in [1.82, 2.24) is 15.2 Å². The second-order valence-electron chi connectivity index (χ2n) is 7.52. The molecule has 152 valence electrons. The summed E-state index contributed by atoms with van der Waals surface area (Å²) in [5.41, 5.74) is 0.302. The topological polar surface area (TPSA) is 131 Å². The third kappa shape index (κ3) is 3.84. The summed E-state index contributed by atoms with van der Waals surface area (Å²) in [6.07, 6.45) is 5.42. The first-order valence-corrected chi connectivity index (χ1v) is 11.1. The van der Waals surface area contributed by atoms with Gasteiger partial charge in [0.05, 0.1) is 5.69 Å². The van der Waals surface area contributed by atoms with E-state index in [4.69, 9.17) is 1.37 Å². The third-order valence-electron chi connectivity index (χ3n) is 5.36. The lowest BCUT2D eigenvalue weighted by Gasteiger charge is -2.13. The average molecular weight is 416 g/mol. The molecule has 2 aliphatic carbocycles. The monoisotopic (exact) mass is 416 g/mol. The summed E-state index contributed by atoms with van der Waals surface area (Å²) in [6.45, 7) is -0.125. The largest absolute Gasteiger partial charge is 0.337 e. The summed E-state index contributed by atoms with van der Waals surface area (Å²) < 4.78 is 31.4. The predicted octanol–water partition coefficient (Wildman–Crippen LogP) is 2.35. The van der Waals surface area contributed by atoms with Gasteiger partial charge in [0.2, 0.25) is 5.91 Å². The van der Waals surface area contributed by atoms with Crippen LogP contribution in [-0.2, 0) is 14.6 Å². The molecule has 2 saturated carbocycles. The summed E-state index contributed by atoms with van der Waals surface area (Å²) in [5, 5.41) is 13.4. The van der Waals surface area contributed by atoms with E-state index in [1.807, 2.05) is 0 Å². The van der Waals surface area contributed by atoms with Gasteiger partial charge in [-0.05, 0) is 36.8 Å². The molecule has 0 aromatic carbocycles. The molecule has 0 bridgehead atoms. The van der Waals surface area contributed by atoms with E-state index in [1.54, 1.807) is 0 Å². The number of carbonyl (C=O) groups excluding carboxylic acids is 2. The number of hydrogen-bond donors (Lipinski definition) is 2. The van der Waals surface area contributed by atoms with E-state index in [0.29, 0.717) is 0 Å².